The van der Waals surface area contributed by atoms with Crippen LogP contribution in [0, 0.1) is 5.92 Å². The number of amides is 3. The number of piperidine rings is 1. The first-order chi connectivity index (χ1) is 20.6. The predicted molar refractivity (Wildman–Crippen MR) is 172 cm³/mol. The molecule has 0 spiro atoms. The van der Waals surface area contributed by atoms with Crippen LogP contribution in [-0.4, -0.2) is 31.6 Å². The van der Waals surface area contributed by atoms with Gasteiger partial charge in [-0.25, -0.2) is 4.79 Å². The molecule has 1 saturated heterocycles. The third-order valence-corrected chi connectivity index (χ3v) is 7.96. The van der Waals surface area contributed by atoms with Gasteiger partial charge in [-0.1, -0.05) is 79.7 Å². The minimum Gasteiger partial charge on any atom is -0.371 e. The number of hydrogen-bond donors (Lipinski definition) is 3. The van der Waals surface area contributed by atoms with Crippen molar-refractivity contribution in [3.63, 3.8) is 0 Å². The summed E-state index contributed by atoms with van der Waals surface area (Å²) in [6, 6.07) is 33.9. The Kier molecular flexibility index (Phi) is 9.89. The van der Waals surface area contributed by atoms with Crippen LogP contribution in [0.2, 0.25) is 0 Å². The van der Waals surface area contributed by atoms with E-state index in [0.29, 0.717) is 23.7 Å². The lowest BCUT2D eigenvalue weighted by molar-refractivity contribution is 0.0954. The molecule has 0 aliphatic carbocycles. The second-order valence-corrected chi connectivity index (χ2v) is 11.0. The fourth-order valence-electron chi connectivity index (χ4n) is 5.62. The van der Waals surface area contributed by atoms with Gasteiger partial charge in [0.2, 0.25) is 0 Å². The van der Waals surface area contributed by atoms with Crippen molar-refractivity contribution in [3.8, 4) is 0 Å². The number of rotatable bonds is 10. The van der Waals surface area contributed by atoms with Crippen molar-refractivity contribution in [2.75, 3.05) is 35.2 Å². The van der Waals surface area contributed by atoms with Gasteiger partial charge < -0.3 is 20.9 Å². The molecule has 3 amide bonds. The van der Waals surface area contributed by atoms with Gasteiger partial charge in [0, 0.05) is 36.7 Å². The van der Waals surface area contributed by atoms with E-state index in [-0.39, 0.29) is 11.9 Å². The van der Waals surface area contributed by atoms with Gasteiger partial charge in [0.25, 0.3) is 5.91 Å². The third kappa shape index (κ3) is 8.00. The summed E-state index contributed by atoms with van der Waals surface area (Å²) in [5.74, 6) is 0.495. The number of nitrogens with one attached hydrogen (secondary N) is 3. The summed E-state index contributed by atoms with van der Waals surface area (Å²) in [6.45, 7) is 4.40. The maximum Gasteiger partial charge on any atom is 0.323 e. The first kappa shape index (κ1) is 28.9. The van der Waals surface area contributed by atoms with Crippen LogP contribution in [0.1, 0.15) is 46.8 Å². The number of aryl methyl sites for hydroxylation is 1. The van der Waals surface area contributed by atoms with Crippen LogP contribution in [0.4, 0.5) is 21.9 Å². The molecule has 1 aliphatic rings. The minimum atomic E-state index is -0.340. The molecule has 1 heterocycles. The van der Waals surface area contributed by atoms with Crippen LogP contribution in [0.15, 0.2) is 103 Å². The normalized spacial score (nSPS) is 13.4. The van der Waals surface area contributed by atoms with E-state index in [2.05, 4.69) is 70.2 Å². The van der Waals surface area contributed by atoms with Crippen molar-refractivity contribution in [3.05, 3.63) is 125 Å². The first-order valence-electron chi connectivity index (χ1n) is 15.0. The average molecular weight is 561 g/mol. The van der Waals surface area contributed by atoms with Gasteiger partial charge >= 0.3 is 6.03 Å². The van der Waals surface area contributed by atoms with Crippen LogP contribution < -0.4 is 20.9 Å². The SMILES string of the molecule is CCc1cccc(NC(=O)Nc2ccc(N3CCC(Cc4ccccc4)CC3)c(C(=O)NCCc3ccccc3)c2)c1. The van der Waals surface area contributed by atoms with Crippen LogP contribution in [0.5, 0.6) is 0 Å². The molecule has 0 atom stereocenters. The van der Waals surface area contributed by atoms with E-state index in [1.807, 2.05) is 54.6 Å². The highest BCUT2D eigenvalue weighted by atomic mass is 16.2. The number of carbonyl (C=O) groups is 2. The Bertz CT molecular complexity index is 1460. The van der Waals surface area contributed by atoms with E-state index in [0.717, 1.165) is 62.1 Å². The molecular formula is C36H40N4O2. The summed E-state index contributed by atoms with van der Waals surface area (Å²) in [5, 5.41) is 8.94. The van der Waals surface area contributed by atoms with Gasteiger partial charge in [-0.15, -0.1) is 0 Å². The monoisotopic (exact) mass is 560 g/mol. The Morgan fingerprint density at radius 1 is 0.738 bits per heavy atom. The highest BCUT2D eigenvalue weighted by Crippen LogP contribution is 2.30. The van der Waals surface area contributed by atoms with E-state index in [1.54, 1.807) is 6.07 Å². The van der Waals surface area contributed by atoms with Crippen molar-refractivity contribution < 1.29 is 9.59 Å². The fourth-order valence-corrected chi connectivity index (χ4v) is 5.62. The first-order valence-corrected chi connectivity index (χ1v) is 15.0. The second kappa shape index (κ2) is 14.4. The van der Waals surface area contributed by atoms with Crippen molar-refractivity contribution in [2.24, 2.45) is 5.92 Å². The fraction of sp³-hybridized carbons (Fsp3) is 0.278. The Hall–Kier alpha value is -4.58. The van der Waals surface area contributed by atoms with Crippen molar-refractivity contribution >= 4 is 29.0 Å². The molecule has 6 nitrogen and oxygen atoms in total. The zero-order chi connectivity index (χ0) is 29.1. The quantitative estimate of drug-likeness (QED) is 0.190. The Morgan fingerprint density at radius 3 is 2.07 bits per heavy atom. The average Bonchev–Trinajstić information content (AvgIpc) is 3.02. The zero-order valence-corrected chi connectivity index (χ0v) is 24.3. The van der Waals surface area contributed by atoms with Crippen molar-refractivity contribution in [1.82, 2.24) is 5.32 Å². The van der Waals surface area contributed by atoms with Crippen LogP contribution in [-0.2, 0) is 19.3 Å². The van der Waals surface area contributed by atoms with Gasteiger partial charge in [0.1, 0.15) is 0 Å². The molecule has 0 aromatic heterocycles. The summed E-state index contributed by atoms with van der Waals surface area (Å²) in [5.41, 5.74) is 6.51. The molecule has 3 N–H and O–H groups in total. The summed E-state index contributed by atoms with van der Waals surface area (Å²) in [4.78, 5) is 28.7. The summed E-state index contributed by atoms with van der Waals surface area (Å²) < 4.78 is 0. The van der Waals surface area contributed by atoms with E-state index in [1.165, 1.54) is 11.1 Å². The van der Waals surface area contributed by atoms with Crippen molar-refractivity contribution in [1.29, 1.82) is 0 Å². The summed E-state index contributed by atoms with van der Waals surface area (Å²) in [7, 11) is 0. The lowest BCUT2D eigenvalue weighted by Gasteiger charge is -2.35. The van der Waals surface area contributed by atoms with Gasteiger partial charge in [0.15, 0.2) is 0 Å². The van der Waals surface area contributed by atoms with Gasteiger partial charge in [-0.3, -0.25) is 4.79 Å². The number of carbonyl (C=O) groups excluding carboxylic acids is 2. The lowest BCUT2D eigenvalue weighted by atomic mass is 9.89. The Balaban J connectivity index is 1.28. The standard InChI is InChI=1S/C36H40N4O2/c1-2-27-14-9-15-31(25-27)38-36(42)39-32-16-17-34(33(26-32)35(41)37-21-18-28-10-5-3-6-11-28)40-22-19-30(20-23-40)24-29-12-7-4-8-13-29/h3-17,25-26,30H,2,18-24H2,1H3,(H,37,41)(H2,38,39,42). The van der Waals surface area contributed by atoms with Gasteiger partial charge in [-0.2, -0.15) is 0 Å². The number of anilines is 3. The summed E-state index contributed by atoms with van der Waals surface area (Å²) in [6.07, 6.45) is 4.88. The maximum absolute atomic E-state index is 13.5. The van der Waals surface area contributed by atoms with Crippen LogP contribution in [0.25, 0.3) is 0 Å². The van der Waals surface area contributed by atoms with Gasteiger partial charge in [0.05, 0.1) is 5.56 Å². The highest BCUT2D eigenvalue weighted by Gasteiger charge is 2.24. The molecule has 0 unspecified atom stereocenters. The molecular weight excluding hydrogens is 520 g/mol. The number of hydrogen-bond acceptors (Lipinski definition) is 3. The topological polar surface area (TPSA) is 73.5 Å². The van der Waals surface area contributed by atoms with E-state index in [4.69, 9.17) is 0 Å². The van der Waals surface area contributed by atoms with Crippen LogP contribution in [0.3, 0.4) is 0 Å². The number of urea groups is 1. The van der Waals surface area contributed by atoms with E-state index >= 15 is 0 Å². The van der Waals surface area contributed by atoms with E-state index < -0.39 is 0 Å². The Labute approximate surface area is 249 Å². The van der Waals surface area contributed by atoms with Crippen LogP contribution >= 0.6 is 0 Å². The minimum absolute atomic E-state index is 0.132. The third-order valence-electron chi connectivity index (χ3n) is 7.96. The molecule has 4 aromatic carbocycles. The van der Waals surface area contributed by atoms with E-state index in [9.17, 15) is 9.59 Å². The molecule has 42 heavy (non-hydrogen) atoms. The second-order valence-electron chi connectivity index (χ2n) is 11.0. The molecule has 1 aliphatic heterocycles. The predicted octanol–water partition coefficient (Wildman–Crippen LogP) is 7.32. The maximum atomic E-state index is 13.5. The number of benzene rings is 4. The highest BCUT2D eigenvalue weighted by molar-refractivity contribution is 6.04. The largest absolute Gasteiger partial charge is 0.371 e. The zero-order valence-electron chi connectivity index (χ0n) is 24.3. The summed E-state index contributed by atoms with van der Waals surface area (Å²) >= 11 is 0. The molecule has 0 bridgehead atoms. The molecule has 1 fully saturated rings. The number of nitrogens with zero attached hydrogens (tertiary/aromatic N) is 1. The lowest BCUT2D eigenvalue weighted by Crippen LogP contribution is -2.36. The molecule has 0 radical (unpaired) electrons. The molecule has 216 valence electrons. The molecule has 6 heteroatoms. The van der Waals surface area contributed by atoms with Crippen molar-refractivity contribution in [2.45, 2.75) is 39.0 Å². The Morgan fingerprint density at radius 2 is 1.38 bits per heavy atom. The van der Waals surface area contributed by atoms with Gasteiger partial charge in [-0.05, 0) is 85.0 Å². The smallest absolute Gasteiger partial charge is 0.323 e. The molecule has 5 rings (SSSR count). The molecule has 4 aromatic rings. The molecule has 0 saturated carbocycles.